The Morgan fingerprint density at radius 1 is 1.23 bits per heavy atom. The van der Waals surface area contributed by atoms with Crippen LogP contribution >= 0.6 is 11.8 Å². The molecule has 1 aromatic carbocycles. The molecule has 0 bridgehead atoms. The molecule has 162 valence electrons. The van der Waals surface area contributed by atoms with Gasteiger partial charge in [0.2, 0.25) is 5.91 Å². The van der Waals surface area contributed by atoms with E-state index in [1.54, 1.807) is 13.1 Å². The van der Waals surface area contributed by atoms with Crippen LogP contribution in [0.5, 0.6) is 11.5 Å². The Kier molecular flexibility index (Phi) is 6.60. The molecule has 2 heterocycles. The summed E-state index contributed by atoms with van der Waals surface area (Å²) < 4.78 is 13.3. The van der Waals surface area contributed by atoms with Gasteiger partial charge in [-0.15, -0.1) is 0 Å². The molecule has 0 unspecified atom stereocenters. The van der Waals surface area contributed by atoms with E-state index < -0.39 is 16.8 Å². The molecule has 9 heteroatoms. The number of carbonyl (C=O) groups excluding carboxylic acids is 2. The molecule has 1 aliphatic rings. The molecule has 0 saturated heterocycles. The van der Waals surface area contributed by atoms with E-state index >= 15 is 0 Å². The third-order valence-electron chi connectivity index (χ3n) is 4.35. The second-order valence-corrected chi connectivity index (χ2v) is 9.29. The van der Waals surface area contributed by atoms with Gasteiger partial charge >= 0.3 is 6.03 Å². The summed E-state index contributed by atoms with van der Waals surface area (Å²) in [5.74, 6) is 1.09. The minimum absolute atomic E-state index is 0.367. The molecule has 1 aliphatic heterocycles. The number of imide groups is 1. The second-order valence-electron chi connectivity index (χ2n) is 7.98. The maximum absolute atomic E-state index is 12.4. The Morgan fingerprint density at radius 3 is 2.60 bits per heavy atom. The number of imidazole rings is 1. The fraction of sp³-hybridized carbons (Fsp3) is 0.476. The van der Waals surface area contributed by atoms with Crippen LogP contribution in [-0.2, 0) is 11.3 Å². The predicted octanol–water partition coefficient (Wildman–Crippen LogP) is 3.45. The van der Waals surface area contributed by atoms with Crippen LogP contribution in [0.1, 0.15) is 34.6 Å². The van der Waals surface area contributed by atoms with E-state index in [1.165, 1.54) is 11.8 Å². The van der Waals surface area contributed by atoms with Gasteiger partial charge in [-0.1, -0.05) is 11.8 Å². The van der Waals surface area contributed by atoms with E-state index in [1.807, 2.05) is 50.5 Å². The summed E-state index contributed by atoms with van der Waals surface area (Å²) in [6, 6.07) is 5.31. The second kappa shape index (κ2) is 8.99. The summed E-state index contributed by atoms with van der Waals surface area (Å²) >= 11 is 1.31. The highest BCUT2D eigenvalue weighted by Crippen LogP contribution is 2.36. The molecule has 0 radical (unpaired) electrons. The number of fused-ring (bicyclic) bond motifs is 1. The zero-order chi connectivity index (χ0) is 21.9. The first kappa shape index (κ1) is 22.0. The highest BCUT2D eigenvalue weighted by Gasteiger charge is 2.23. The van der Waals surface area contributed by atoms with Crippen molar-refractivity contribution in [2.24, 2.45) is 0 Å². The zero-order valence-electron chi connectivity index (χ0n) is 17.9. The normalized spacial score (nSPS) is 14.2. The molecular weight excluding hydrogens is 404 g/mol. The minimum atomic E-state index is -0.504. The Morgan fingerprint density at radius 2 is 1.93 bits per heavy atom. The van der Waals surface area contributed by atoms with E-state index in [4.69, 9.17) is 9.47 Å². The molecule has 1 atom stereocenters. The first-order valence-corrected chi connectivity index (χ1v) is 10.8. The Labute approximate surface area is 180 Å². The number of thioether (sulfide) groups is 1. The van der Waals surface area contributed by atoms with Gasteiger partial charge in [0.15, 0.2) is 16.7 Å². The number of urea groups is 1. The molecule has 2 aromatic rings. The Bertz CT molecular complexity index is 936. The maximum atomic E-state index is 12.4. The van der Waals surface area contributed by atoms with Crippen molar-refractivity contribution in [1.29, 1.82) is 0 Å². The highest BCUT2D eigenvalue weighted by atomic mass is 32.2. The van der Waals surface area contributed by atoms with Crippen LogP contribution in [0.4, 0.5) is 4.79 Å². The van der Waals surface area contributed by atoms with Crippen LogP contribution in [-0.4, -0.2) is 45.5 Å². The topological polar surface area (TPSA) is 94.5 Å². The summed E-state index contributed by atoms with van der Waals surface area (Å²) in [5, 5.41) is 5.33. The van der Waals surface area contributed by atoms with Gasteiger partial charge in [-0.25, -0.2) is 9.78 Å². The maximum Gasteiger partial charge on any atom is 0.321 e. The molecule has 0 spiro atoms. The van der Waals surface area contributed by atoms with Crippen LogP contribution in [0.3, 0.4) is 0 Å². The molecule has 30 heavy (non-hydrogen) atoms. The molecular formula is C21H28N4O4S. The van der Waals surface area contributed by atoms with Crippen molar-refractivity contribution in [3.63, 3.8) is 0 Å². The van der Waals surface area contributed by atoms with Gasteiger partial charge in [0, 0.05) is 17.6 Å². The van der Waals surface area contributed by atoms with Gasteiger partial charge in [-0.3, -0.25) is 10.1 Å². The summed E-state index contributed by atoms with van der Waals surface area (Å²) in [6.07, 6.45) is 1.79. The third-order valence-corrected chi connectivity index (χ3v) is 5.45. The highest BCUT2D eigenvalue weighted by molar-refractivity contribution is 8.00. The van der Waals surface area contributed by atoms with Gasteiger partial charge < -0.3 is 19.4 Å². The summed E-state index contributed by atoms with van der Waals surface area (Å²) in [6.45, 7) is 11.1. The number of hydrogen-bond acceptors (Lipinski definition) is 6. The number of aromatic nitrogens is 2. The number of rotatable bonds is 5. The van der Waals surface area contributed by atoms with Gasteiger partial charge in [0.1, 0.15) is 13.2 Å². The van der Waals surface area contributed by atoms with Crippen molar-refractivity contribution in [3.05, 3.63) is 24.4 Å². The minimum Gasteiger partial charge on any atom is -0.486 e. The lowest BCUT2D eigenvalue weighted by molar-refractivity contribution is -0.119. The van der Waals surface area contributed by atoms with E-state index in [2.05, 4.69) is 15.6 Å². The monoisotopic (exact) mass is 432 g/mol. The van der Waals surface area contributed by atoms with E-state index in [0.717, 1.165) is 22.8 Å². The van der Waals surface area contributed by atoms with E-state index in [9.17, 15) is 9.59 Å². The first-order chi connectivity index (χ1) is 14.2. The van der Waals surface area contributed by atoms with Gasteiger partial charge in [0.05, 0.1) is 17.1 Å². The van der Waals surface area contributed by atoms with E-state index in [0.29, 0.717) is 24.9 Å². The third kappa shape index (κ3) is 5.27. The summed E-state index contributed by atoms with van der Waals surface area (Å²) in [5.41, 5.74) is 1.47. The van der Waals surface area contributed by atoms with Crippen molar-refractivity contribution in [3.8, 4) is 22.8 Å². The van der Waals surface area contributed by atoms with Crippen LogP contribution in [0, 0.1) is 0 Å². The fourth-order valence-electron chi connectivity index (χ4n) is 2.99. The molecule has 3 amide bonds. The quantitative estimate of drug-likeness (QED) is 0.703. The Hall–Kier alpha value is -2.68. The zero-order valence-corrected chi connectivity index (χ0v) is 18.8. The lowest BCUT2D eigenvalue weighted by Gasteiger charge is -2.21. The molecule has 0 fully saturated rings. The van der Waals surface area contributed by atoms with Crippen molar-refractivity contribution in [2.75, 3.05) is 13.2 Å². The largest absolute Gasteiger partial charge is 0.486 e. The molecule has 1 aromatic heterocycles. The van der Waals surface area contributed by atoms with E-state index in [-0.39, 0.29) is 5.91 Å². The SMILES string of the molecule is CCn1c(-c2ccc3c(c2)OCCO3)cnc1S[C@@H](C)C(=O)NC(=O)NC(C)(C)C. The van der Waals surface area contributed by atoms with Crippen molar-refractivity contribution >= 4 is 23.7 Å². The Balaban J connectivity index is 1.73. The number of carbonyl (C=O) groups is 2. The number of hydrogen-bond donors (Lipinski definition) is 2. The molecule has 8 nitrogen and oxygen atoms in total. The number of nitrogens with zero attached hydrogens (tertiary/aromatic N) is 2. The van der Waals surface area contributed by atoms with Gasteiger partial charge in [-0.2, -0.15) is 0 Å². The van der Waals surface area contributed by atoms with Gasteiger partial charge in [0.25, 0.3) is 0 Å². The predicted molar refractivity (Wildman–Crippen MR) is 116 cm³/mol. The van der Waals surface area contributed by atoms with Crippen LogP contribution in [0.2, 0.25) is 0 Å². The molecule has 3 rings (SSSR count). The summed E-state index contributed by atoms with van der Waals surface area (Å²) in [7, 11) is 0. The molecule has 2 N–H and O–H groups in total. The lowest BCUT2D eigenvalue weighted by atomic mass is 10.1. The number of benzene rings is 1. The van der Waals surface area contributed by atoms with Crippen molar-refractivity contribution in [1.82, 2.24) is 20.2 Å². The van der Waals surface area contributed by atoms with Crippen molar-refractivity contribution < 1.29 is 19.1 Å². The van der Waals surface area contributed by atoms with Crippen LogP contribution < -0.4 is 20.1 Å². The lowest BCUT2D eigenvalue weighted by Crippen LogP contribution is -2.49. The van der Waals surface area contributed by atoms with Crippen LogP contribution in [0.15, 0.2) is 29.6 Å². The molecule has 0 saturated carbocycles. The van der Waals surface area contributed by atoms with Gasteiger partial charge in [-0.05, 0) is 52.8 Å². The summed E-state index contributed by atoms with van der Waals surface area (Å²) in [4.78, 5) is 28.9. The number of amides is 3. The first-order valence-electron chi connectivity index (χ1n) is 9.93. The number of ether oxygens (including phenoxy) is 2. The average Bonchev–Trinajstić information content (AvgIpc) is 3.08. The smallest absolute Gasteiger partial charge is 0.321 e. The average molecular weight is 433 g/mol. The molecule has 0 aliphatic carbocycles. The standard InChI is InChI=1S/C21H28N4O4S/c1-6-25-15(14-7-8-16-17(11-14)29-10-9-28-16)12-22-20(25)30-13(2)18(26)23-19(27)24-21(3,4)5/h7-8,11-13H,6,9-10H2,1-5H3,(H2,23,24,26,27)/t13-/m0/s1. The van der Waals surface area contributed by atoms with Crippen LogP contribution in [0.25, 0.3) is 11.3 Å². The van der Waals surface area contributed by atoms with Crippen molar-refractivity contribution in [2.45, 2.75) is 57.1 Å². The number of nitrogens with one attached hydrogen (secondary N) is 2. The fourth-order valence-corrected chi connectivity index (χ4v) is 3.94.